The summed E-state index contributed by atoms with van der Waals surface area (Å²) in [6.45, 7) is 3.62. The van der Waals surface area contributed by atoms with Gasteiger partial charge in [-0.25, -0.2) is 9.18 Å². The summed E-state index contributed by atoms with van der Waals surface area (Å²) in [7, 11) is 0. The molecule has 32 heavy (non-hydrogen) atoms. The van der Waals surface area contributed by atoms with E-state index in [0.29, 0.717) is 29.0 Å². The first-order valence-electron chi connectivity index (χ1n) is 10.2. The topological polar surface area (TPSA) is 90.9 Å². The van der Waals surface area contributed by atoms with E-state index in [9.17, 15) is 18.8 Å². The number of hydrogen-bond acceptors (Lipinski definition) is 4. The van der Waals surface area contributed by atoms with Gasteiger partial charge in [0, 0.05) is 12.2 Å². The molecule has 164 valence electrons. The second kappa shape index (κ2) is 8.62. The third-order valence-corrected chi connectivity index (χ3v) is 5.19. The van der Waals surface area contributed by atoms with Crippen molar-refractivity contribution in [3.8, 4) is 0 Å². The third-order valence-electron chi connectivity index (χ3n) is 5.19. The number of aryl methyl sites for hydroxylation is 2. The molecule has 0 aliphatic heterocycles. The lowest BCUT2D eigenvalue weighted by atomic mass is 10.2. The Hall–Kier alpha value is -4.01. The fraction of sp³-hybridized carbons (Fsp3) is 0.217. The Kier molecular flexibility index (Phi) is 5.72. The minimum Gasteiger partial charge on any atom is -0.325 e. The molecule has 8 nitrogen and oxygen atoms in total. The summed E-state index contributed by atoms with van der Waals surface area (Å²) in [6.07, 6.45) is 0. The van der Waals surface area contributed by atoms with Crippen LogP contribution in [-0.4, -0.2) is 24.8 Å². The second-order valence-electron chi connectivity index (χ2n) is 7.40. The lowest BCUT2D eigenvalue weighted by Crippen LogP contribution is -2.42. The van der Waals surface area contributed by atoms with E-state index < -0.39 is 23.0 Å². The van der Waals surface area contributed by atoms with Gasteiger partial charge in [-0.15, -0.1) is 0 Å². The molecule has 0 radical (unpaired) electrons. The Balaban J connectivity index is 1.84. The van der Waals surface area contributed by atoms with Crippen molar-refractivity contribution in [2.45, 2.75) is 33.5 Å². The summed E-state index contributed by atoms with van der Waals surface area (Å²) in [5.74, 6) is -0.818. The Morgan fingerprint density at radius 1 is 1.00 bits per heavy atom. The Labute approximate surface area is 182 Å². The average molecular weight is 435 g/mol. The van der Waals surface area contributed by atoms with E-state index in [-0.39, 0.29) is 18.6 Å². The summed E-state index contributed by atoms with van der Waals surface area (Å²) in [5.41, 5.74) is 1.12. The molecule has 9 heteroatoms. The molecule has 0 saturated carbocycles. The predicted octanol–water partition coefficient (Wildman–Crippen LogP) is 2.51. The molecular formula is C23H22FN5O3. The largest absolute Gasteiger partial charge is 0.332 e. The Morgan fingerprint density at radius 3 is 2.34 bits per heavy atom. The highest BCUT2D eigenvalue weighted by atomic mass is 19.1. The maximum absolute atomic E-state index is 13.3. The normalized spacial score (nSPS) is 11.1. The molecule has 0 bridgehead atoms. The van der Waals surface area contributed by atoms with Gasteiger partial charge >= 0.3 is 5.69 Å². The second-order valence-corrected chi connectivity index (χ2v) is 7.40. The molecule has 0 spiro atoms. The van der Waals surface area contributed by atoms with Crippen LogP contribution in [0.5, 0.6) is 0 Å². The Bertz CT molecular complexity index is 1400. The molecule has 2 aromatic carbocycles. The molecule has 0 saturated heterocycles. The molecular weight excluding hydrogens is 413 g/mol. The van der Waals surface area contributed by atoms with Gasteiger partial charge in [-0.1, -0.05) is 30.3 Å². The van der Waals surface area contributed by atoms with Crippen LogP contribution < -0.4 is 16.6 Å². The molecule has 0 atom stereocenters. The van der Waals surface area contributed by atoms with Crippen molar-refractivity contribution in [3.05, 3.63) is 92.5 Å². The van der Waals surface area contributed by atoms with Crippen LogP contribution in [0.4, 0.5) is 10.1 Å². The molecule has 1 amide bonds. The summed E-state index contributed by atoms with van der Waals surface area (Å²) < 4.78 is 17.1. The maximum Gasteiger partial charge on any atom is 0.332 e. The number of halogens is 1. The number of para-hydroxylation sites is 1. The number of benzene rings is 2. The van der Waals surface area contributed by atoms with Gasteiger partial charge in [0.1, 0.15) is 17.9 Å². The number of carbonyl (C=O) groups excluding carboxylic acids is 1. The summed E-state index contributed by atoms with van der Waals surface area (Å²) in [5, 5.41) is 7.14. The number of carbonyl (C=O) groups is 1. The molecule has 4 rings (SSSR count). The third kappa shape index (κ3) is 3.96. The SMILES string of the molecule is CCn1nc(C)c2c1c(=O)n(Cc1ccc(F)cc1)c(=O)n2CC(=O)Nc1ccccc1. The number of hydrogen-bond donors (Lipinski definition) is 1. The van der Waals surface area contributed by atoms with Crippen LogP contribution in [0.25, 0.3) is 11.0 Å². The van der Waals surface area contributed by atoms with E-state index in [1.807, 2.05) is 13.0 Å². The molecule has 0 aliphatic carbocycles. The van der Waals surface area contributed by atoms with E-state index >= 15 is 0 Å². The fourth-order valence-corrected chi connectivity index (χ4v) is 3.72. The zero-order valence-electron chi connectivity index (χ0n) is 17.7. The van der Waals surface area contributed by atoms with Gasteiger partial charge in [-0.3, -0.25) is 23.4 Å². The smallest absolute Gasteiger partial charge is 0.325 e. The number of aromatic nitrogens is 4. The number of rotatable bonds is 6. The van der Waals surface area contributed by atoms with Gasteiger partial charge in [-0.05, 0) is 43.7 Å². The lowest BCUT2D eigenvalue weighted by Gasteiger charge is -2.13. The van der Waals surface area contributed by atoms with Gasteiger partial charge in [0.25, 0.3) is 5.56 Å². The monoisotopic (exact) mass is 435 g/mol. The van der Waals surface area contributed by atoms with Crippen molar-refractivity contribution in [1.29, 1.82) is 0 Å². The van der Waals surface area contributed by atoms with Gasteiger partial charge in [0.2, 0.25) is 5.91 Å². The first kappa shape index (κ1) is 21.2. The first-order valence-corrected chi connectivity index (χ1v) is 10.2. The van der Waals surface area contributed by atoms with Gasteiger partial charge in [-0.2, -0.15) is 5.10 Å². The predicted molar refractivity (Wildman–Crippen MR) is 119 cm³/mol. The number of fused-ring (bicyclic) bond motifs is 1. The summed E-state index contributed by atoms with van der Waals surface area (Å²) >= 11 is 0. The zero-order chi connectivity index (χ0) is 22.8. The Morgan fingerprint density at radius 2 is 1.69 bits per heavy atom. The van der Waals surface area contributed by atoms with E-state index in [4.69, 9.17) is 0 Å². The molecule has 0 aliphatic rings. The van der Waals surface area contributed by atoms with Crippen molar-refractivity contribution < 1.29 is 9.18 Å². The minimum atomic E-state index is -0.631. The number of amides is 1. The standard InChI is InChI=1S/C23H22FN5O3/c1-3-29-21-20(15(2)26-29)27(14-19(30)25-18-7-5-4-6-8-18)23(32)28(22(21)31)13-16-9-11-17(24)12-10-16/h4-12H,3,13-14H2,1-2H3,(H,25,30). The molecule has 2 heterocycles. The van der Waals surface area contributed by atoms with E-state index in [1.165, 1.54) is 33.5 Å². The first-order chi connectivity index (χ1) is 15.4. The van der Waals surface area contributed by atoms with Crippen molar-refractivity contribution in [3.63, 3.8) is 0 Å². The summed E-state index contributed by atoms with van der Waals surface area (Å²) in [4.78, 5) is 39.3. The van der Waals surface area contributed by atoms with Crippen LogP contribution in [0.1, 0.15) is 18.2 Å². The van der Waals surface area contributed by atoms with E-state index in [0.717, 1.165) is 4.57 Å². The van der Waals surface area contributed by atoms with Crippen LogP contribution in [0.15, 0.2) is 64.2 Å². The van der Waals surface area contributed by atoms with E-state index in [2.05, 4.69) is 10.4 Å². The van der Waals surface area contributed by atoms with Crippen LogP contribution in [0.3, 0.4) is 0 Å². The van der Waals surface area contributed by atoms with Crippen molar-refractivity contribution >= 4 is 22.6 Å². The highest BCUT2D eigenvalue weighted by molar-refractivity contribution is 5.91. The number of nitrogens with one attached hydrogen (secondary N) is 1. The van der Waals surface area contributed by atoms with Gasteiger partial charge in [0.05, 0.1) is 12.2 Å². The van der Waals surface area contributed by atoms with Crippen molar-refractivity contribution in [2.75, 3.05) is 5.32 Å². The highest BCUT2D eigenvalue weighted by Gasteiger charge is 2.21. The van der Waals surface area contributed by atoms with Crippen LogP contribution in [-0.2, 0) is 24.4 Å². The average Bonchev–Trinajstić information content (AvgIpc) is 3.12. The molecule has 0 fully saturated rings. The van der Waals surface area contributed by atoms with Gasteiger partial charge in [0.15, 0.2) is 5.52 Å². The summed E-state index contributed by atoms with van der Waals surface area (Å²) in [6, 6.07) is 14.5. The number of anilines is 1. The molecule has 1 N–H and O–H groups in total. The van der Waals surface area contributed by atoms with Crippen LogP contribution in [0.2, 0.25) is 0 Å². The van der Waals surface area contributed by atoms with Crippen LogP contribution in [0, 0.1) is 12.7 Å². The van der Waals surface area contributed by atoms with Gasteiger partial charge < -0.3 is 5.32 Å². The molecule has 2 aromatic heterocycles. The lowest BCUT2D eigenvalue weighted by molar-refractivity contribution is -0.116. The van der Waals surface area contributed by atoms with Crippen molar-refractivity contribution in [1.82, 2.24) is 18.9 Å². The quantitative estimate of drug-likeness (QED) is 0.504. The number of nitrogens with zero attached hydrogens (tertiary/aromatic N) is 4. The molecule has 0 unspecified atom stereocenters. The minimum absolute atomic E-state index is 0.0534. The highest BCUT2D eigenvalue weighted by Crippen LogP contribution is 2.15. The fourth-order valence-electron chi connectivity index (χ4n) is 3.72. The van der Waals surface area contributed by atoms with Crippen molar-refractivity contribution in [2.24, 2.45) is 0 Å². The molecule has 4 aromatic rings. The van der Waals surface area contributed by atoms with E-state index in [1.54, 1.807) is 31.2 Å². The zero-order valence-corrected chi connectivity index (χ0v) is 17.7. The maximum atomic E-state index is 13.3. The van der Waals surface area contributed by atoms with Crippen LogP contribution >= 0.6 is 0 Å².